The standard InChI is InChI=1S/C25H28N2O3/c28-15-14-27-25(30)7-2-1-4-19-8-12-22(13-9-19)24(29)18-26-17-20-10-11-21-5-3-6-23(21)16-20/h3,5,8-13,16-17,28H,1-2,4,6-7,14-15,18H2,(H,27,30). The molecule has 3 rings (SSSR count). The fourth-order valence-electron chi connectivity index (χ4n) is 3.44. The number of carbonyl (C=O) groups excluding carboxylic acids is 2. The highest BCUT2D eigenvalue weighted by Gasteiger charge is 2.07. The lowest BCUT2D eigenvalue weighted by Crippen LogP contribution is -2.25. The van der Waals surface area contributed by atoms with Crippen molar-refractivity contribution < 1.29 is 14.7 Å². The van der Waals surface area contributed by atoms with Crippen LogP contribution in [0.4, 0.5) is 0 Å². The van der Waals surface area contributed by atoms with Gasteiger partial charge in [-0.25, -0.2) is 0 Å². The van der Waals surface area contributed by atoms with Crippen molar-refractivity contribution >= 4 is 24.0 Å². The Kier molecular flexibility index (Phi) is 8.10. The van der Waals surface area contributed by atoms with Crippen LogP contribution in [0.3, 0.4) is 0 Å². The van der Waals surface area contributed by atoms with Gasteiger partial charge in [-0.15, -0.1) is 0 Å². The molecule has 30 heavy (non-hydrogen) atoms. The molecule has 1 amide bonds. The van der Waals surface area contributed by atoms with Crippen LogP contribution in [0.15, 0.2) is 53.5 Å². The van der Waals surface area contributed by atoms with E-state index in [1.165, 1.54) is 11.1 Å². The number of fused-ring (bicyclic) bond motifs is 1. The summed E-state index contributed by atoms with van der Waals surface area (Å²) in [5.74, 6) is -0.0247. The number of aryl methyl sites for hydroxylation is 1. The number of ketones is 1. The van der Waals surface area contributed by atoms with Gasteiger partial charge in [0.2, 0.25) is 5.91 Å². The highest BCUT2D eigenvalue weighted by Crippen LogP contribution is 2.19. The molecule has 1 aliphatic rings. The summed E-state index contributed by atoms with van der Waals surface area (Å²) in [5.41, 5.74) is 5.39. The summed E-state index contributed by atoms with van der Waals surface area (Å²) in [6, 6.07) is 13.9. The van der Waals surface area contributed by atoms with E-state index in [2.05, 4.69) is 34.6 Å². The second-order valence-electron chi connectivity index (χ2n) is 7.44. The van der Waals surface area contributed by atoms with E-state index < -0.39 is 0 Å². The predicted molar refractivity (Wildman–Crippen MR) is 120 cm³/mol. The average Bonchev–Trinajstić information content (AvgIpc) is 3.23. The molecule has 5 heteroatoms. The lowest BCUT2D eigenvalue weighted by molar-refractivity contribution is -0.121. The molecule has 5 nitrogen and oxygen atoms in total. The second kappa shape index (κ2) is 11.2. The van der Waals surface area contributed by atoms with Gasteiger partial charge in [-0.2, -0.15) is 0 Å². The molecule has 0 bridgehead atoms. The van der Waals surface area contributed by atoms with E-state index in [-0.39, 0.29) is 24.8 Å². The molecule has 2 aromatic carbocycles. The highest BCUT2D eigenvalue weighted by atomic mass is 16.3. The van der Waals surface area contributed by atoms with Crippen LogP contribution >= 0.6 is 0 Å². The van der Waals surface area contributed by atoms with Crippen LogP contribution in [0.1, 0.15) is 51.9 Å². The third-order valence-electron chi connectivity index (χ3n) is 5.11. The van der Waals surface area contributed by atoms with Gasteiger partial charge in [0.25, 0.3) is 0 Å². The molecule has 156 valence electrons. The lowest BCUT2D eigenvalue weighted by atomic mass is 10.0. The zero-order chi connectivity index (χ0) is 21.2. The Balaban J connectivity index is 1.41. The quantitative estimate of drug-likeness (QED) is 0.342. The smallest absolute Gasteiger partial charge is 0.220 e. The molecular formula is C25H28N2O3. The largest absolute Gasteiger partial charge is 0.395 e. The number of unbranched alkanes of at least 4 members (excludes halogenated alkanes) is 1. The van der Waals surface area contributed by atoms with E-state index in [1.807, 2.05) is 30.3 Å². The number of aliphatic imine (C=N–C) groups is 1. The highest BCUT2D eigenvalue weighted by molar-refractivity contribution is 5.98. The zero-order valence-corrected chi connectivity index (χ0v) is 17.1. The molecule has 2 N–H and O–H groups in total. The SMILES string of the molecule is O=C(CCCCc1ccc(C(=O)CN=Cc2ccc3c(c2)CC=C3)cc1)NCCO. The maximum absolute atomic E-state index is 12.4. The number of hydrogen-bond acceptors (Lipinski definition) is 4. The van der Waals surface area contributed by atoms with Crippen LogP contribution in [-0.4, -0.2) is 42.7 Å². The Morgan fingerprint density at radius 1 is 1.10 bits per heavy atom. The lowest BCUT2D eigenvalue weighted by Gasteiger charge is -2.05. The van der Waals surface area contributed by atoms with E-state index in [1.54, 1.807) is 6.21 Å². The number of aliphatic hydroxyl groups excluding tert-OH is 1. The summed E-state index contributed by atoms with van der Waals surface area (Å²) < 4.78 is 0. The number of Topliss-reactive ketones (excluding diaryl/α,β-unsaturated/α-hetero) is 1. The first kappa shape index (κ1) is 21.7. The fraction of sp³-hybridized carbons (Fsp3) is 0.320. The summed E-state index contributed by atoms with van der Waals surface area (Å²) >= 11 is 0. The summed E-state index contributed by atoms with van der Waals surface area (Å²) in [6.07, 6.45) is 10.0. The van der Waals surface area contributed by atoms with Crippen molar-refractivity contribution in [1.29, 1.82) is 0 Å². The molecule has 1 aliphatic carbocycles. The van der Waals surface area contributed by atoms with Gasteiger partial charge in [0.05, 0.1) is 6.61 Å². The molecule has 0 spiro atoms. The monoisotopic (exact) mass is 404 g/mol. The first-order valence-corrected chi connectivity index (χ1v) is 10.4. The maximum Gasteiger partial charge on any atom is 0.220 e. The van der Waals surface area contributed by atoms with E-state index in [0.29, 0.717) is 18.5 Å². The number of nitrogens with one attached hydrogen (secondary N) is 1. The van der Waals surface area contributed by atoms with Gasteiger partial charge in [0.1, 0.15) is 6.54 Å². The number of carbonyl (C=O) groups is 2. The van der Waals surface area contributed by atoms with Crippen LogP contribution in [0.25, 0.3) is 6.08 Å². The van der Waals surface area contributed by atoms with E-state index in [9.17, 15) is 9.59 Å². The Hall–Kier alpha value is -3.05. The van der Waals surface area contributed by atoms with Crippen molar-refractivity contribution in [2.45, 2.75) is 32.1 Å². The Bertz CT molecular complexity index is 930. The van der Waals surface area contributed by atoms with Crippen LogP contribution in [-0.2, 0) is 17.6 Å². The number of hydrogen-bond donors (Lipinski definition) is 2. The molecule has 0 aromatic heterocycles. The summed E-state index contributed by atoms with van der Waals surface area (Å²) in [5, 5.41) is 11.3. The Morgan fingerprint density at radius 2 is 1.93 bits per heavy atom. The van der Waals surface area contributed by atoms with Gasteiger partial charge in [0.15, 0.2) is 5.78 Å². The summed E-state index contributed by atoms with van der Waals surface area (Å²) in [7, 11) is 0. The van der Waals surface area contributed by atoms with Crippen molar-refractivity contribution in [1.82, 2.24) is 5.32 Å². The van der Waals surface area contributed by atoms with Gasteiger partial charge in [-0.1, -0.05) is 48.6 Å². The fourth-order valence-corrected chi connectivity index (χ4v) is 3.44. The minimum absolute atomic E-state index is 0.00109. The first-order chi connectivity index (χ1) is 14.7. The van der Waals surface area contributed by atoms with Gasteiger partial charge >= 0.3 is 0 Å². The number of nitrogens with zero attached hydrogens (tertiary/aromatic N) is 1. The minimum atomic E-state index is -0.0339. The Labute approximate surface area is 177 Å². The number of allylic oxidation sites excluding steroid dienone is 1. The van der Waals surface area contributed by atoms with Crippen LogP contribution < -0.4 is 5.32 Å². The normalized spacial score (nSPS) is 12.3. The van der Waals surface area contributed by atoms with Crippen molar-refractivity contribution in [3.05, 3.63) is 76.4 Å². The molecule has 0 radical (unpaired) electrons. The van der Waals surface area contributed by atoms with Crippen LogP contribution in [0.5, 0.6) is 0 Å². The minimum Gasteiger partial charge on any atom is -0.395 e. The number of benzene rings is 2. The summed E-state index contributed by atoms with van der Waals surface area (Å²) in [4.78, 5) is 28.2. The number of aliphatic hydroxyl groups is 1. The molecular weight excluding hydrogens is 376 g/mol. The van der Waals surface area contributed by atoms with Crippen molar-refractivity contribution in [3.8, 4) is 0 Å². The van der Waals surface area contributed by atoms with E-state index in [0.717, 1.165) is 36.8 Å². The van der Waals surface area contributed by atoms with Crippen molar-refractivity contribution in [3.63, 3.8) is 0 Å². The summed E-state index contributed by atoms with van der Waals surface area (Å²) in [6.45, 7) is 0.411. The zero-order valence-electron chi connectivity index (χ0n) is 17.1. The maximum atomic E-state index is 12.4. The molecule has 0 saturated heterocycles. The molecule has 0 fully saturated rings. The van der Waals surface area contributed by atoms with E-state index >= 15 is 0 Å². The molecule has 0 saturated carbocycles. The van der Waals surface area contributed by atoms with Gasteiger partial charge < -0.3 is 10.4 Å². The second-order valence-corrected chi connectivity index (χ2v) is 7.44. The van der Waals surface area contributed by atoms with Crippen LogP contribution in [0, 0.1) is 0 Å². The average molecular weight is 405 g/mol. The molecule has 0 heterocycles. The topological polar surface area (TPSA) is 78.8 Å². The van der Waals surface area contributed by atoms with Crippen LogP contribution in [0.2, 0.25) is 0 Å². The number of rotatable bonds is 11. The number of amides is 1. The molecule has 0 aliphatic heterocycles. The third-order valence-corrected chi connectivity index (χ3v) is 5.11. The third kappa shape index (κ3) is 6.49. The molecule has 2 aromatic rings. The Morgan fingerprint density at radius 3 is 2.73 bits per heavy atom. The molecule has 0 atom stereocenters. The molecule has 0 unspecified atom stereocenters. The van der Waals surface area contributed by atoms with E-state index in [4.69, 9.17) is 5.11 Å². The van der Waals surface area contributed by atoms with Crippen molar-refractivity contribution in [2.24, 2.45) is 4.99 Å². The van der Waals surface area contributed by atoms with Gasteiger partial charge in [-0.3, -0.25) is 14.6 Å². The van der Waals surface area contributed by atoms with Crippen molar-refractivity contribution in [2.75, 3.05) is 19.7 Å². The van der Waals surface area contributed by atoms with Gasteiger partial charge in [0, 0.05) is 24.7 Å². The van der Waals surface area contributed by atoms with Gasteiger partial charge in [-0.05, 0) is 54.0 Å². The predicted octanol–water partition coefficient (Wildman–Crippen LogP) is 3.38. The first-order valence-electron chi connectivity index (χ1n) is 10.4.